The summed E-state index contributed by atoms with van der Waals surface area (Å²) in [5, 5.41) is 0. The highest BCUT2D eigenvalue weighted by Crippen LogP contribution is 2.25. The van der Waals surface area contributed by atoms with Crippen molar-refractivity contribution in [2.45, 2.75) is 643 Å². The van der Waals surface area contributed by atoms with Crippen LogP contribution in [0, 0.1) is 5.92 Å². The van der Waals surface area contributed by atoms with Gasteiger partial charge in [0.2, 0.25) is 0 Å². The summed E-state index contributed by atoms with van der Waals surface area (Å²) in [6.07, 6.45) is 148. The van der Waals surface area contributed by atoms with Gasteiger partial charge in [0.1, 0.15) is 0 Å². The minimum Gasteiger partial charge on any atom is -0.0625 e. The molecule has 1 rings (SSSR count). The molecule has 0 spiro atoms. The Bertz CT molecular complexity index is 1260. The molecule has 1 saturated carbocycles. The monoisotopic (exact) mass is 1420 g/mol. The molecule has 101 heavy (non-hydrogen) atoms. The average Bonchev–Trinajstić information content (AvgIpc) is 3.78. The van der Waals surface area contributed by atoms with Gasteiger partial charge < -0.3 is 0 Å². The first-order valence-corrected chi connectivity index (χ1v) is 50.4. The number of hydrogen-bond acceptors (Lipinski definition) is 0. The fourth-order valence-electron chi connectivity index (χ4n) is 17.9. The van der Waals surface area contributed by atoms with E-state index in [1.54, 1.807) is 0 Å². The van der Waals surface area contributed by atoms with E-state index < -0.39 is 0 Å². The van der Waals surface area contributed by atoms with Crippen LogP contribution in [-0.4, -0.2) is 0 Å². The summed E-state index contributed by atoms with van der Waals surface area (Å²) < 4.78 is 0. The van der Waals surface area contributed by atoms with Gasteiger partial charge in [0, 0.05) is 0 Å². The fraction of sp³-hybridized carbons (Fsp3) is 1.00. The number of rotatable bonds is 0. The smallest absolute Gasteiger partial charge is 0.0443 e. The van der Waals surface area contributed by atoms with E-state index in [1.165, 1.54) is 636 Å². The highest BCUT2D eigenvalue weighted by Gasteiger charge is 2.06. The van der Waals surface area contributed by atoms with Gasteiger partial charge in [-0.2, -0.15) is 0 Å². The molecule has 0 heterocycles. The van der Waals surface area contributed by atoms with Crippen LogP contribution in [0.15, 0.2) is 0 Å². The highest BCUT2D eigenvalue weighted by molar-refractivity contribution is 4.61. The summed E-state index contributed by atoms with van der Waals surface area (Å²) in [6.45, 7) is 2.54. The van der Waals surface area contributed by atoms with E-state index in [9.17, 15) is 0 Å². The molecule has 0 aromatic heterocycles. The van der Waals surface area contributed by atoms with Crippen molar-refractivity contribution < 1.29 is 0 Å². The first-order valence-electron chi connectivity index (χ1n) is 50.4. The van der Waals surface area contributed by atoms with Gasteiger partial charge in [-0.15, -0.1) is 0 Å². The largest absolute Gasteiger partial charge is 0.0625 e. The summed E-state index contributed by atoms with van der Waals surface area (Å²) in [5.41, 5.74) is 0. The molecule has 0 radical (unpaired) electrons. The Balaban J connectivity index is 2.02. The quantitative estimate of drug-likeness (QED) is 0.227. The van der Waals surface area contributed by atoms with E-state index >= 15 is 0 Å². The SMILES string of the molecule is CC1CCCCCCCCCCCCCCCCCCCCCCCCCCCCCCCCCCCCCCCCCCCCCCCCCCCCCCCCCCCCCCCCCCCCCCCCCCCCCCCCCCCCCCCCCCCCCCCCCCC1. The van der Waals surface area contributed by atoms with Gasteiger partial charge >= 0.3 is 0 Å². The third-order valence-corrected chi connectivity index (χ3v) is 25.4. The van der Waals surface area contributed by atoms with E-state index in [1.807, 2.05) is 0 Å². The first-order chi connectivity index (χ1) is 50.4. The Labute approximate surface area is 644 Å². The maximum absolute atomic E-state index is 2.54. The Morgan fingerprint density at radius 2 is 0.109 bits per heavy atom. The zero-order valence-electron chi connectivity index (χ0n) is 71.6. The van der Waals surface area contributed by atoms with E-state index in [2.05, 4.69) is 6.92 Å². The zero-order valence-corrected chi connectivity index (χ0v) is 71.6. The second-order valence-electron chi connectivity index (χ2n) is 36.0. The second-order valence-corrected chi connectivity index (χ2v) is 36.0. The summed E-state index contributed by atoms with van der Waals surface area (Å²) in [5.74, 6) is 0.958. The van der Waals surface area contributed by atoms with Crippen LogP contribution in [0.3, 0.4) is 0 Å². The van der Waals surface area contributed by atoms with Crippen molar-refractivity contribution in [3.63, 3.8) is 0 Å². The molecule has 0 atom stereocenters. The maximum Gasteiger partial charge on any atom is -0.0443 e. The molecule has 0 aromatic rings. The van der Waals surface area contributed by atoms with Gasteiger partial charge in [-0.05, 0) is 5.92 Å². The van der Waals surface area contributed by atoms with Crippen LogP contribution in [0.2, 0.25) is 0 Å². The molecule has 0 aromatic carbocycles. The topological polar surface area (TPSA) is 0 Å². The molecular formula is C101H202. The van der Waals surface area contributed by atoms with E-state index in [4.69, 9.17) is 0 Å². The predicted molar refractivity (Wildman–Crippen MR) is 466 cm³/mol. The summed E-state index contributed by atoms with van der Waals surface area (Å²) in [7, 11) is 0. The van der Waals surface area contributed by atoms with E-state index in [0.29, 0.717) is 0 Å². The first kappa shape index (κ1) is 99.0. The zero-order chi connectivity index (χ0) is 71.6. The molecule has 0 aliphatic heterocycles. The minimum absolute atomic E-state index is 0.958. The summed E-state index contributed by atoms with van der Waals surface area (Å²) in [4.78, 5) is 0. The lowest BCUT2D eigenvalue weighted by molar-refractivity contribution is 0.429. The Morgan fingerprint density at radius 1 is 0.0693 bits per heavy atom. The van der Waals surface area contributed by atoms with Crippen LogP contribution in [0.1, 0.15) is 643 Å². The van der Waals surface area contributed by atoms with Crippen molar-refractivity contribution in [1.82, 2.24) is 0 Å². The van der Waals surface area contributed by atoms with Gasteiger partial charge in [-0.25, -0.2) is 0 Å². The molecule has 0 heteroatoms. The van der Waals surface area contributed by atoms with E-state index in [-0.39, 0.29) is 0 Å². The van der Waals surface area contributed by atoms with Gasteiger partial charge in [-0.1, -0.05) is 643 Å². The van der Waals surface area contributed by atoms with Crippen LogP contribution in [-0.2, 0) is 0 Å². The molecule has 1 aliphatic rings. The highest BCUT2D eigenvalue weighted by atomic mass is 14.1. The third-order valence-electron chi connectivity index (χ3n) is 25.4. The van der Waals surface area contributed by atoms with E-state index in [0.717, 1.165) is 5.92 Å². The van der Waals surface area contributed by atoms with Gasteiger partial charge in [0.15, 0.2) is 0 Å². The van der Waals surface area contributed by atoms with Gasteiger partial charge in [0.05, 0.1) is 0 Å². The Morgan fingerprint density at radius 3 is 0.158 bits per heavy atom. The Kier molecular flexibility index (Phi) is 92.3. The lowest BCUT2D eigenvalue weighted by atomic mass is 9.95. The molecule has 0 bridgehead atoms. The van der Waals surface area contributed by atoms with Gasteiger partial charge in [0.25, 0.3) is 0 Å². The van der Waals surface area contributed by atoms with Crippen LogP contribution >= 0.6 is 0 Å². The molecule has 0 nitrogen and oxygen atoms in total. The fourth-order valence-corrected chi connectivity index (χ4v) is 17.9. The molecule has 0 saturated heterocycles. The molecule has 0 N–H and O–H groups in total. The van der Waals surface area contributed by atoms with Crippen molar-refractivity contribution in [3.8, 4) is 0 Å². The third kappa shape index (κ3) is 92.3. The van der Waals surface area contributed by atoms with Crippen molar-refractivity contribution in [2.75, 3.05) is 0 Å². The normalized spacial score (nSPS) is 24.1. The molecule has 0 amide bonds. The molecule has 1 fully saturated rings. The van der Waals surface area contributed by atoms with Crippen molar-refractivity contribution >= 4 is 0 Å². The molecule has 0 unspecified atom stereocenters. The molecular weight excluding hydrogens is 1210 g/mol. The maximum atomic E-state index is 2.54. The van der Waals surface area contributed by atoms with Crippen molar-refractivity contribution in [1.29, 1.82) is 0 Å². The van der Waals surface area contributed by atoms with Crippen LogP contribution < -0.4 is 0 Å². The average molecular weight is 1420 g/mol. The van der Waals surface area contributed by atoms with Crippen molar-refractivity contribution in [2.24, 2.45) is 5.92 Å². The lowest BCUT2D eigenvalue weighted by Gasteiger charge is -2.11. The predicted octanol–water partition coefficient (Wildman–Crippen LogP) is 39.3. The molecule has 1 aliphatic carbocycles. The standard InChI is InChI=1S/C101H202/c1-101-99-97-95-93-91-89-87-85-83-81-79-77-75-73-71-69-67-65-63-61-59-57-55-53-51-49-47-45-43-41-39-37-35-33-31-29-27-25-23-21-19-17-15-13-11-9-7-5-3-2-4-6-8-10-12-14-16-18-20-22-24-26-28-30-32-34-36-38-40-42-44-46-48-50-52-54-56-58-60-62-64-66-68-70-72-74-76-78-80-82-84-86-88-90-92-94-96-98-100-101/h101H,2-100H2,1H3. The number of hydrogen-bond donors (Lipinski definition) is 0. The van der Waals surface area contributed by atoms with Crippen molar-refractivity contribution in [3.05, 3.63) is 0 Å². The van der Waals surface area contributed by atoms with Crippen LogP contribution in [0.25, 0.3) is 0 Å². The lowest BCUT2D eigenvalue weighted by Crippen LogP contribution is -1.95. The van der Waals surface area contributed by atoms with Crippen LogP contribution in [0.4, 0.5) is 0 Å². The minimum atomic E-state index is 0.958. The molecule has 606 valence electrons. The van der Waals surface area contributed by atoms with Gasteiger partial charge in [-0.3, -0.25) is 0 Å². The Hall–Kier alpha value is 0. The summed E-state index contributed by atoms with van der Waals surface area (Å²) in [6, 6.07) is 0. The summed E-state index contributed by atoms with van der Waals surface area (Å²) >= 11 is 0. The second kappa shape index (κ2) is 94.2. The van der Waals surface area contributed by atoms with Crippen LogP contribution in [0.5, 0.6) is 0 Å².